The van der Waals surface area contributed by atoms with Crippen molar-refractivity contribution in [1.82, 2.24) is 4.57 Å². The number of aromatic nitrogens is 1. The van der Waals surface area contributed by atoms with E-state index in [0.717, 1.165) is 22.0 Å². The zero-order chi connectivity index (χ0) is 15.6. The molecule has 0 fully saturated rings. The number of aryl methyl sites for hydroxylation is 2. The molecule has 2 aromatic rings. The lowest BCUT2D eigenvalue weighted by Crippen LogP contribution is -2.26. The topological polar surface area (TPSA) is 48.3 Å². The number of carbonyl (C=O) groups is 1. The average molecular weight is 287 g/mol. The summed E-state index contributed by atoms with van der Waals surface area (Å²) in [5.41, 5.74) is 2.54. The number of hydrogen-bond donors (Lipinski definition) is 0. The minimum Gasteiger partial charge on any atom is -0.464 e. The van der Waals surface area contributed by atoms with Crippen molar-refractivity contribution in [3.8, 4) is 0 Å². The minimum absolute atomic E-state index is 0.0484. The monoisotopic (exact) mass is 287 g/mol. The molecule has 0 bridgehead atoms. The Morgan fingerprint density at radius 2 is 1.95 bits per heavy atom. The lowest BCUT2D eigenvalue weighted by atomic mass is 10.1. The molecule has 0 unspecified atom stereocenters. The summed E-state index contributed by atoms with van der Waals surface area (Å²) in [6.07, 6.45) is 0. The number of ether oxygens (including phenoxy) is 1. The molecular weight excluding hydrogens is 266 g/mol. The molecule has 0 aliphatic carbocycles. The van der Waals surface area contributed by atoms with Crippen LogP contribution in [0.5, 0.6) is 0 Å². The predicted molar refractivity (Wildman–Crippen MR) is 83.5 cm³/mol. The van der Waals surface area contributed by atoms with Crippen LogP contribution >= 0.6 is 0 Å². The van der Waals surface area contributed by atoms with Crippen molar-refractivity contribution in [2.75, 3.05) is 6.61 Å². The first-order valence-electron chi connectivity index (χ1n) is 7.15. The van der Waals surface area contributed by atoms with Gasteiger partial charge in [-0.25, -0.2) is 0 Å². The summed E-state index contributed by atoms with van der Waals surface area (Å²) in [7, 11) is 0. The first-order valence-corrected chi connectivity index (χ1v) is 7.15. The highest BCUT2D eigenvalue weighted by Crippen LogP contribution is 2.20. The Balaban J connectivity index is 2.44. The maximum absolute atomic E-state index is 12.2. The fourth-order valence-corrected chi connectivity index (χ4v) is 2.38. The molecule has 0 aliphatic heterocycles. The SMILES string of the molecule is Cc1cc(=O)n(CC(=O)OCC(C)C)c2c(C)cccc12. The maximum atomic E-state index is 12.2. The Kier molecular flexibility index (Phi) is 4.46. The van der Waals surface area contributed by atoms with Crippen LogP contribution in [0.15, 0.2) is 29.1 Å². The number of benzene rings is 1. The van der Waals surface area contributed by atoms with Crippen LogP contribution in [-0.2, 0) is 16.1 Å². The Morgan fingerprint density at radius 1 is 1.24 bits per heavy atom. The quantitative estimate of drug-likeness (QED) is 0.812. The first kappa shape index (κ1) is 15.3. The smallest absolute Gasteiger partial charge is 0.326 e. The molecule has 0 saturated carbocycles. The minimum atomic E-state index is -0.376. The molecule has 1 heterocycles. The zero-order valence-electron chi connectivity index (χ0n) is 13.0. The number of fused-ring (bicyclic) bond motifs is 1. The van der Waals surface area contributed by atoms with E-state index in [9.17, 15) is 9.59 Å². The van der Waals surface area contributed by atoms with Crippen molar-refractivity contribution in [3.63, 3.8) is 0 Å². The van der Waals surface area contributed by atoms with E-state index in [1.165, 1.54) is 4.57 Å². The van der Waals surface area contributed by atoms with Gasteiger partial charge in [-0.1, -0.05) is 32.0 Å². The normalized spacial score (nSPS) is 11.1. The molecule has 0 N–H and O–H groups in total. The Morgan fingerprint density at radius 3 is 2.62 bits per heavy atom. The van der Waals surface area contributed by atoms with Crippen LogP contribution in [-0.4, -0.2) is 17.1 Å². The maximum Gasteiger partial charge on any atom is 0.326 e. The van der Waals surface area contributed by atoms with Crippen LogP contribution in [0.4, 0.5) is 0 Å². The summed E-state index contributed by atoms with van der Waals surface area (Å²) in [6.45, 7) is 8.13. The highest BCUT2D eigenvalue weighted by molar-refractivity contribution is 5.86. The van der Waals surface area contributed by atoms with E-state index >= 15 is 0 Å². The van der Waals surface area contributed by atoms with Crippen molar-refractivity contribution >= 4 is 16.9 Å². The second kappa shape index (κ2) is 6.12. The second-order valence-electron chi connectivity index (χ2n) is 5.80. The Labute approximate surface area is 124 Å². The molecule has 0 radical (unpaired) electrons. The molecule has 0 spiro atoms. The van der Waals surface area contributed by atoms with Gasteiger partial charge in [0.2, 0.25) is 0 Å². The van der Waals surface area contributed by atoms with Gasteiger partial charge in [0, 0.05) is 11.5 Å². The summed E-state index contributed by atoms with van der Waals surface area (Å²) in [5.74, 6) is -0.0959. The molecule has 0 saturated heterocycles. The summed E-state index contributed by atoms with van der Waals surface area (Å²) in [4.78, 5) is 24.2. The predicted octanol–water partition coefficient (Wildman–Crippen LogP) is 2.82. The molecule has 21 heavy (non-hydrogen) atoms. The third-order valence-electron chi connectivity index (χ3n) is 3.40. The molecular formula is C17H21NO3. The van der Waals surface area contributed by atoms with Gasteiger partial charge in [-0.05, 0) is 30.9 Å². The first-order chi connectivity index (χ1) is 9.90. The van der Waals surface area contributed by atoms with Gasteiger partial charge in [0.25, 0.3) is 5.56 Å². The molecule has 0 amide bonds. The van der Waals surface area contributed by atoms with Crippen LogP contribution < -0.4 is 5.56 Å². The summed E-state index contributed by atoms with van der Waals surface area (Å²) >= 11 is 0. The van der Waals surface area contributed by atoms with Gasteiger partial charge in [-0.2, -0.15) is 0 Å². The van der Waals surface area contributed by atoms with Crippen LogP contribution in [0.3, 0.4) is 0 Å². The van der Waals surface area contributed by atoms with Crippen molar-refractivity contribution < 1.29 is 9.53 Å². The fraction of sp³-hybridized carbons (Fsp3) is 0.412. The second-order valence-corrected chi connectivity index (χ2v) is 5.80. The van der Waals surface area contributed by atoms with Crippen LogP contribution in [0.25, 0.3) is 10.9 Å². The Hall–Kier alpha value is -2.10. The lowest BCUT2D eigenvalue weighted by molar-refractivity contribution is -0.145. The number of rotatable bonds is 4. The van der Waals surface area contributed by atoms with Crippen LogP contribution in [0.1, 0.15) is 25.0 Å². The van der Waals surface area contributed by atoms with Crippen LogP contribution in [0.2, 0.25) is 0 Å². The number of pyridine rings is 1. The standard InChI is InChI=1S/C17H21NO3/c1-11(2)10-21-16(20)9-18-15(19)8-13(4)14-7-5-6-12(3)17(14)18/h5-8,11H,9-10H2,1-4H3. The molecule has 1 aromatic heterocycles. The molecule has 2 rings (SSSR count). The number of para-hydroxylation sites is 1. The molecule has 112 valence electrons. The Bertz CT molecular complexity index is 729. The molecule has 4 heteroatoms. The van der Waals surface area contributed by atoms with E-state index in [-0.39, 0.29) is 24.0 Å². The van der Waals surface area contributed by atoms with Crippen molar-refractivity contribution in [3.05, 3.63) is 45.7 Å². The van der Waals surface area contributed by atoms with Gasteiger partial charge in [-0.15, -0.1) is 0 Å². The zero-order valence-corrected chi connectivity index (χ0v) is 13.0. The van der Waals surface area contributed by atoms with E-state index in [1.54, 1.807) is 6.07 Å². The third kappa shape index (κ3) is 3.32. The van der Waals surface area contributed by atoms with Gasteiger partial charge in [-0.3, -0.25) is 14.2 Å². The highest BCUT2D eigenvalue weighted by atomic mass is 16.5. The van der Waals surface area contributed by atoms with Gasteiger partial charge >= 0.3 is 5.97 Å². The summed E-state index contributed by atoms with van der Waals surface area (Å²) in [5, 5.41) is 0.992. The number of nitrogens with zero attached hydrogens (tertiary/aromatic N) is 1. The molecule has 4 nitrogen and oxygen atoms in total. The van der Waals surface area contributed by atoms with Crippen molar-refractivity contribution in [1.29, 1.82) is 0 Å². The van der Waals surface area contributed by atoms with Gasteiger partial charge < -0.3 is 4.74 Å². The van der Waals surface area contributed by atoms with E-state index in [1.807, 2.05) is 45.9 Å². The highest BCUT2D eigenvalue weighted by Gasteiger charge is 2.13. The number of carbonyl (C=O) groups excluding carboxylic acids is 1. The van der Waals surface area contributed by atoms with E-state index in [2.05, 4.69) is 0 Å². The van der Waals surface area contributed by atoms with E-state index in [0.29, 0.717) is 6.61 Å². The van der Waals surface area contributed by atoms with Gasteiger partial charge in [0.15, 0.2) is 0 Å². The number of esters is 1. The molecule has 1 aromatic carbocycles. The lowest BCUT2D eigenvalue weighted by Gasteiger charge is -2.14. The van der Waals surface area contributed by atoms with Gasteiger partial charge in [0.05, 0.1) is 12.1 Å². The van der Waals surface area contributed by atoms with Crippen molar-refractivity contribution in [2.45, 2.75) is 34.2 Å². The van der Waals surface area contributed by atoms with Crippen LogP contribution in [0, 0.1) is 19.8 Å². The van der Waals surface area contributed by atoms with Crippen molar-refractivity contribution in [2.24, 2.45) is 5.92 Å². The van der Waals surface area contributed by atoms with Gasteiger partial charge in [0.1, 0.15) is 6.54 Å². The largest absolute Gasteiger partial charge is 0.464 e. The molecule has 0 aliphatic rings. The number of hydrogen-bond acceptors (Lipinski definition) is 3. The summed E-state index contributed by atoms with van der Waals surface area (Å²) < 4.78 is 6.68. The average Bonchev–Trinajstić information content (AvgIpc) is 2.41. The fourth-order valence-electron chi connectivity index (χ4n) is 2.38. The van der Waals surface area contributed by atoms with E-state index < -0.39 is 0 Å². The third-order valence-corrected chi connectivity index (χ3v) is 3.40. The molecule has 0 atom stereocenters. The van der Waals surface area contributed by atoms with E-state index in [4.69, 9.17) is 4.74 Å². The summed E-state index contributed by atoms with van der Waals surface area (Å²) in [6, 6.07) is 7.43.